The quantitative estimate of drug-likeness (QED) is 0.0250. The SMILES string of the molecule is C#CCC/C(C)=C/CC/C(C)=C/CC/C(C)=C/CC/C(C)=C/CCc1ccoc1.CC(C)=CCC/C(C)=C/CC/C(C)=C/CC/C(C)=C/CC/C(C)=C/CCc1ccsc1.CC(C)=CCC/C(C)=C/CC/C(C)=C/CC/C=C/CCc1ccoc1.CC(C)=CCC/C(C)=C/CC/C(C)=C/CC/C=C/CCc1ccsc1. The molecule has 0 atom stereocenters. The van der Waals surface area contributed by atoms with Crippen molar-refractivity contribution in [3.63, 3.8) is 0 Å². The lowest BCUT2D eigenvalue weighted by Gasteiger charge is -2.03. The van der Waals surface area contributed by atoms with Crippen LogP contribution >= 0.6 is 22.7 Å². The maximum atomic E-state index is 5.32. The summed E-state index contributed by atoms with van der Waals surface area (Å²) in [5.41, 5.74) is 27.9. The van der Waals surface area contributed by atoms with Crippen LogP contribution in [0.2, 0.25) is 0 Å². The number of unbranched alkanes of at least 4 members (excludes halogenated alkanes) is 2. The highest BCUT2D eigenvalue weighted by molar-refractivity contribution is 7.08. The first kappa shape index (κ1) is 101. The van der Waals surface area contributed by atoms with Crippen LogP contribution < -0.4 is 0 Å². The van der Waals surface area contributed by atoms with Gasteiger partial charge in [0, 0.05) is 6.42 Å². The molecule has 0 fully saturated rings. The highest BCUT2D eigenvalue weighted by atomic mass is 32.1. The normalized spacial score (nSPS) is 13.2. The lowest BCUT2D eigenvalue weighted by atomic mass is 10.0. The molecule has 4 rings (SSSR count). The van der Waals surface area contributed by atoms with Gasteiger partial charge in [-0.25, -0.2) is 0 Å². The van der Waals surface area contributed by atoms with Crippen LogP contribution in [0.5, 0.6) is 0 Å². The Bertz CT molecular complexity index is 3430. The minimum atomic E-state index is 0.851. The van der Waals surface area contributed by atoms with Crippen LogP contribution in [0.3, 0.4) is 0 Å². The van der Waals surface area contributed by atoms with E-state index in [0.29, 0.717) is 0 Å². The Labute approximate surface area is 687 Å². The van der Waals surface area contributed by atoms with Crippen LogP contribution in [-0.4, -0.2) is 0 Å². The first-order valence-electron chi connectivity index (χ1n) is 42.6. The second-order valence-electron chi connectivity index (χ2n) is 31.9. The third-order valence-corrected chi connectivity index (χ3v) is 21.0. The summed E-state index contributed by atoms with van der Waals surface area (Å²) in [5, 5.41) is 8.84. The molecule has 0 saturated heterocycles. The van der Waals surface area contributed by atoms with Crippen LogP contribution in [0, 0.1) is 12.3 Å². The van der Waals surface area contributed by atoms with Crippen LogP contribution in [0.4, 0.5) is 0 Å². The van der Waals surface area contributed by atoms with Gasteiger partial charge in [-0.2, -0.15) is 22.7 Å². The summed E-state index contributed by atoms with van der Waals surface area (Å²) < 4.78 is 10.2. The second kappa shape index (κ2) is 70.0. The summed E-state index contributed by atoms with van der Waals surface area (Å²) in [7, 11) is 0. The van der Waals surface area contributed by atoms with Crippen molar-refractivity contribution in [3.05, 3.63) is 292 Å². The van der Waals surface area contributed by atoms with Crippen molar-refractivity contribution in [3.8, 4) is 12.3 Å². The Morgan fingerprint density at radius 3 is 0.736 bits per heavy atom. The summed E-state index contributed by atoms with van der Waals surface area (Å²) >= 11 is 3.58. The minimum Gasteiger partial charge on any atom is -0.472 e. The van der Waals surface area contributed by atoms with E-state index in [1.807, 2.05) is 24.7 Å². The van der Waals surface area contributed by atoms with Gasteiger partial charge in [-0.15, -0.1) is 12.3 Å². The monoisotopic (exact) mass is 1530 g/mol. The highest BCUT2D eigenvalue weighted by Gasteiger charge is 2.02. The molecule has 0 aromatic carbocycles. The summed E-state index contributed by atoms with van der Waals surface area (Å²) in [6.45, 7) is 40.1. The first-order valence-corrected chi connectivity index (χ1v) is 44.5. The van der Waals surface area contributed by atoms with E-state index < -0.39 is 0 Å². The number of rotatable bonds is 53. The Kier molecular flexibility index (Phi) is 64.3. The molecule has 0 aliphatic heterocycles. The standard InChI is InChI=1S/C30H46S.C28H40O.C24H36O.C24H36S/c1-25(2)12-7-13-26(3)14-8-15-27(4)16-9-17-28(5)18-10-19-29(6)20-11-21-30-22-23-31-24-30;1-6-7-12-24(2)13-8-14-25(3)15-9-16-26(4)17-10-18-27(5)19-11-20-28-21-22-29-23-28;2*1-21(2)12-10-14-23(4)16-11-15-22(3)13-8-6-5-7-9-17-24-18-19-25-20-24/h12,14,16,18,20,22-24H,7-11,13,15,17,19,21H2,1-6H3;1,13,15,17,19,21-23H,7-12,14,16,18,20H2,2-5H3;2*5,7,12-13,16,18-20H,6,8-11,14-15,17H2,1-4H3/b26-14+,27-16+,28-18+,29-20+;24-13+,25-15+,26-17+,27-19+;2*7-5+,22-13+,23-16+. The van der Waals surface area contributed by atoms with E-state index in [0.717, 1.165) is 96.3 Å². The molecule has 0 saturated carbocycles. The molecule has 0 amide bonds. The molecule has 0 unspecified atom stereocenters. The molecule has 2 nitrogen and oxygen atoms in total. The molecule has 606 valence electrons. The largest absolute Gasteiger partial charge is 0.472 e. The Hall–Kier alpha value is -6.90. The van der Waals surface area contributed by atoms with Gasteiger partial charge in [0.15, 0.2) is 0 Å². The zero-order valence-electron chi connectivity index (χ0n) is 73.6. The lowest BCUT2D eigenvalue weighted by molar-refractivity contribution is 0.563. The fourth-order valence-electron chi connectivity index (χ4n) is 12.2. The van der Waals surface area contributed by atoms with Crippen LogP contribution in [-0.2, 0) is 25.7 Å². The molecule has 4 aromatic rings. The van der Waals surface area contributed by atoms with Crippen molar-refractivity contribution in [2.24, 2.45) is 0 Å². The van der Waals surface area contributed by atoms with Crippen molar-refractivity contribution >= 4 is 22.7 Å². The number of hydrogen-bond donors (Lipinski definition) is 0. The molecule has 0 aliphatic rings. The van der Waals surface area contributed by atoms with Gasteiger partial charge in [-0.3, -0.25) is 0 Å². The smallest absolute Gasteiger partial charge is 0.0934 e. The van der Waals surface area contributed by atoms with E-state index in [1.54, 1.807) is 35.2 Å². The van der Waals surface area contributed by atoms with Crippen molar-refractivity contribution < 1.29 is 8.83 Å². The van der Waals surface area contributed by atoms with Gasteiger partial charge in [0.2, 0.25) is 0 Å². The molecule has 0 aliphatic carbocycles. The van der Waals surface area contributed by atoms with Gasteiger partial charge >= 0.3 is 0 Å². The third-order valence-electron chi connectivity index (χ3n) is 19.5. The maximum absolute atomic E-state index is 5.32. The average molecular weight is 1530 g/mol. The molecule has 4 aromatic heterocycles. The summed E-state index contributed by atoms with van der Waals surface area (Å²) in [6.07, 6.45) is 98.9. The van der Waals surface area contributed by atoms with Crippen molar-refractivity contribution in [1.82, 2.24) is 0 Å². The van der Waals surface area contributed by atoms with Crippen molar-refractivity contribution in [2.45, 2.75) is 356 Å². The van der Waals surface area contributed by atoms with E-state index in [1.165, 1.54) is 241 Å². The molecule has 4 heterocycles. The summed E-state index contributed by atoms with van der Waals surface area (Å²) in [5.74, 6) is 2.71. The van der Waals surface area contributed by atoms with E-state index in [2.05, 4.69) is 280 Å². The molecular weight excluding hydrogens is 1370 g/mol. The van der Waals surface area contributed by atoms with Gasteiger partial charge < -0.3 is 8.83 Å². The number of furan rings is 2. The second-order valence-corrected chi connectivity index (χ2v) is 33.4. The molecule has 4 heteroatoms. The molecule has 0 N–H and O–H groups in total. The van der Waals surface area contributed by atoms with Crippen LogP contribution in [0.15, 0.2) is 279 Å². The van der Waals surface area contributed by atoms with Gasteiger partial charge in [0.25, 0.3) is 0 Å². The molecule has 0 spiro atoms. The van der Waals surface area contributed by atoms with E-state index >= 15 is 0 Å². The summed E-state index contributed by atoms with van der Waals surface area (Å²) in [4.78, 5) is 0. The van der Waals surface area contributed by atoms with E-state index in [4.69, 9.17) is 15.3 Å². The fraction of sp³-hybridized carbons (Fsp3) is 0.509. The van der Waals surface area contributed by atoms with Gasteiger partial charge in [0.1, 0.15) is 0 Å². The molecule has 0 bridgehead atoms. The minimum absolute atomic E-state index is 0.851. The van der Waals surface area contributed by atoms with E-state index in [-0.39, 0.29) is 0 Å². The fourth-order valence-corrected chi connectivity index (χ4v) is 13.6. The number of hydrogen-bond acceptors (Lipinski definition) is 4. The Morgan fingerprint density at radius 1 is 0.264 bits per heavy atom. The zero-order valence-corrected chi connectivity index (χ0v) is 75.2. The topological polar surface area (TPSA) is 26.3 Å². The molecule has 0 radical (unpaired) electrons. The summed E-state index contributed by atoms with van der Waals surface area (Å²) in [6, 6.07) is 8.55. The van der Waals surface area contributed by atoms with Gasteiger partial charge in [-0.1, -0.05) is 199 Å². The Balaban J connectivity index is 0.000000736. The lowest BCUT2D eigenvalue weighted by Crippen LogP contribution is -1.84. The van der Waals surface area contributed by atoms with Crippen LogP contribution in [0.25, 0.3) is 0 Å². The number of aryl methyl sites for hydroxylation is 4. The van der Waals surface area contributed by atoms with E-state index in [9.17, 15) is 0 Å². The van der Waals surface area contributed by atoms with Crippen LogP contribution in [0.1, 0.15) is 352 Å². The first-order chi connectivity index (χ1) is 53.0. The highest BCUT2D eigenvalue weighted by Crippen LogP contribution is 2.21. The van der Waals surface area contributed by atoms with Gasteiger partial charge in [0.05, 0.1) is 25.1 Å². The van der Waals surface area contributed by atoms with Gasteiger partial charge in [-0.05, 0) is 417 Å². The van der Waals surface area contributed by atoms with Crippen molar-refractivity contribution in [1.29, 1.82) is 0 Å². The number of thiophene rings is 2. The Morgan fingerprint density at radius 2 is 0.491 bits per heavy atom. The van der Waals surface area contributed by atoms with Crippen molar-refractivity contribution in [2.75, 3.05) is 0 Å². The predicted molar refractivity (Wildman–Crippen MR) is 499 cm³/mol. The third kappa shape index (κ3) is 66.9. The average Bonchev–Trinajstić information content (AvgIpc) is 1.84. The zero-order chi connectivity index (χ0) is 80.9. The molecule has 110 heavy (non-hydrogen) atoms. The molecular formula is C106H158O2S2. The predicted octanol–water partition coefficient (Wildman–Crippen LogP) is 35.7. The maximum Gasteiger partial charge on any atom is 0.0934 e. The number of allylic oxidation sites excluding steroid dienone is 34. The number of terminal acetylenes is 1.